The first kappa shape index (κ1) is 16.4. The fraction of sp³-hybridized carbons (Fsp3) is 0.867. The maximum Gasteiger partial charge on any atom is 0.138 e. The Hall–Kier alpha value is -0.980. The summed E-state index contributed by atoms with van der Waals surface area (Å²) in [6, 6.07) is 0.237. The van der Waals surface area contributed by atoms with Gasteiger partial charge in [-0.1, -0.05) is 6.92 Å². The van der Waals surface area contributed by atoms with Crippen molar-refractivity contribution in [1.82, 2.24) is 20.1 Å². The molecule has 6 heteroatoms. The minimum atomic E-state index is -0.159. The predicted molar refractivity (Wildman–Crippen MR) is 81.3 cm³/mol. The molecule has 120 valence electrons. The second kappa shape index (κ2) is 7.87. The van der Waals surface area contributed by atoms with Gasteiger partial charge in [-0.2, -0.15) is 5.10 Å². The number of nitrogens with zero attached hydrogens (tertiary/aromatic N) is 3. The van der Waals surface area contributed by atoms with Crippen LogP contribution in [0.2, 0.25) is 0 Å². The summed E-state index contributed by atoms with van der Waals surface area (Å²) >= 11 is 0. The molecule has 0 aromatic carbocycles. The fourth-order valence-corrected chi connectivity index (χ4v) is 3.18. The number of aryl methyl sites for hydroxylation is 1. The van der Waals surface area contributed by atoms with Crippen molar-refractivity contribution in [1.29, 1.82) is 0 Å². The molecule has 0 radical (unpaired) electrons. The van der Waals surface area contributed by atoms with Crippen molar-refractivity contribution in [3.05, 3.63) is 12.2 Å². The zero-order chi connectivity index (χ0) is 15.1. The molecule has 21 heavy (non-hydrogen) atoms. The van der Waals surface area contributed by atoms with E-state index in [1.54, 1.807) is 6.33 Å². The van der Waals surface area contributed by atoms with Crippen LogP contribution in [0.4, 0.5) is 0 Å². The molecule has 1 aromatic rings. The number of aromatic nitrogens is 3. The van der Waals surface area contributed by atoms with Crippen LogP contribution in [0.25, 0.3) is 0 Å². The summed E-state index contributed by atoms with van der Waals surface area (Å²) in [5.41, 5.74) is -0.159. The van der Waals surface area contributed by atoms with E-state index >= 15 is 0 Å². The maximum absolute atomic E-state index is 6.21. The fourth-order valence-electron chi connectivity index (χ4n) is 3.18. The zero-order valence-corrected chi connectivity index (χ0v) is 13.5. The lowest BCUT2D eigenvalue weighted by Gasteiger charge is -2.43. The molecular weight excluding hydrogens is 268 g/mol. The highest BCUT2D eigenvalue weighted by atomic mass is 16.5. The third kappa shape index (κ3) is 3.81. The van der Waals surface area contributed by atoms with Gasteiger partial charge in [-0.15, -0.1) is 0 Å². The molecule has 1 aromatic heterocycles. The number of nitrogens with one attached hydrogen (secondary N) is 1. The molecule has 6 nitrogen and oxygen atoms in total. The Kier molecular flexibility index (Phi) is 6.14. The van der Waals surface area contributed by atoms with Gasteiger partial charge in [0, 0.05) is 51.7 Å². The summed E-state index contributed by atoms with van der Waals surface area (Å²) in [6.45, 7) is 10.3. The highest BCUT2D eigenvalue weighted by Crippen LogP contribution is 2.30. The van der Waals surface area contributed by atoms with Gasteiger partial charge in [0.05, 0.1) is 5.60 Å². The minimum absolute atomic E-state index is 0.159. The quantitative estimate of drug-likeness (QED) is 0.786. The van der Waals surface area contributed by atoms with Gasteiger partial charge in [0.1, 0.15) is 12.2 Å². The smallest absolute Gasteiger partial charge is 0.138 e. The predicted octanol–water partition coefficient (Wildman–Crippen LogP) is 1.40. The molecule has 1 atom stereocenters. The SMILES string of the molecule is CCNC(Cc1ncnn1CC)C1(OCC)CCOCC1. The molecule has 0 spiro atoms. The Morgan fingerprint density at radius 3 is 2.76 bits per heavy atom. The monoisotopic (exact) mass is 296 g/mol. The van der Waals surface area contributed by atoms with Gasteiger partial charge in [-0.3, -0.25) is 4.68 Å². The largest absolute Gasteiger partial charge is 0.381 e. The van der Waals surface area contributed by atoms with Crippen molar-refractivity contribution in [2.75, 3.05) is 26.4 Å². The van der Waals surface area contributed by atoms with Gasteiger partial charge < -0.3 is 14.8 Å². The first-order chi connectivity index (χ1) is 10.3. The summed E-state index contributed by atoms with van der Waals surface area (Å²) < 4.78 is 13.7. The van der Waals surface area contributed by atoms with Crippen LogP contribution in [0.3, 0.4) is 0 Å². The molecule has 0 amide bonds. The summed E-state index contributed by atoms with van der Waals surface area (Å²) in [6.07, 6.45) is 4.33. The van der Waals surface area contributed by atoms with Gasteiger partial charge in [-0.05, 0) is 20.4 Å². The van der Waals surface area contributed by atoms with Crippen LogP contribution in [-0.4, -0.2) is 52.8 Å². The summed E-state index contributed by atoms with van der Waals surface area (Å²) in [5.74, 6) is 1.02. The van der Waals surface area contributed by atoms with Crippen LogP contribution in [0.1, 0.15) is 39.4 Å². The Morgan fingerprint density at radius 2 is 2.14 bits per heavy atom. The minimum Gasteiger partial charge on any atom is -0.381 e. The average molecular weight is 296 g/mol. The summed E-state index contributed by atoms with van der Waals surface area (Å²) in [4.78, 5) is 4.42. The van der Waals surface area contributed by atoms with E-state index in [1.165, 1.54) is 0 Å². The Labute approximate surface area is 127 Å². The standard InChI is InChI=1S/C15H28N4O2/c1-4-16-13(11-14-17-12-18-19(14)5-2)15(21-6-3)7-9-20-10-8-15/h12-13,16H,4-11H2,1-3H3. The molecule has 1 fully saturated rings. The van der Waals surface area contributed by atoms with Crippen molar-refractivity contribution < 1.29 is 9.47 Å². The molecule has 0 bridgehead atoms. The second-order valence-electron chi connectivity index (χ2n) is 5.42. The Morgan fingerprint density at radius 1 is 1.38 bits per heavy atom. The van der Waals surface area contributed by atoms with Crippen molar-refractivity contribution in [2.45, 2.75) is 58.2 Å². The second-order valence-corrected chi connectivity index (χ2v) is 5.42. The molecule has 1 N–H and O–H groups in total. The summed E-state index contributed by atoms with van der Waals surface area (Å²) in [7, 11) is 0. The zero-order valence-electron chi connectivity index (χ0n) is 13.5. The molecule has 2 rings (SSSR count). The molecule has 2 heterocycles. The van der Waals surface area contributed by atoms with Crippen LogP contribution in [-0.2, 0) is 22.4 Å². The normalized spacial score (nSPS) is 19.6. The van der Waals surface area contributed by atoms with Gasteiger partial charge in [0.15, 0.2) is 0 Å². The van der Waals surface area contributed by atoms with Crippen LogP contribution in [0, 0.1) is 0 Å². The van der Waals surface area contributed by atoms with E-state index in [2.05, 4.69) is 36.2 Å². The lowest BCUT2D eigenvalue weighted by atomic mass is 9.83. The molecule has 1 aliphatic heterocycles. The van der Waals surface area contributed by atoms with E-state index in [0.717, 1.165) is 58.0 Å². The van der Waals surface area contributed by atoms with Crippen LogP contribution < -0.4 is 5.32 Å². The molecule has 1 aliphatic rings. The van der Waals surface area contributed by atoms with Crippen LogP contribution >= 0.6 is 0 Å². The number of rotatable bonds is 8. The average Bonchev–Trinajstić information content (AvgIpc) is 2.95. The Bertz CT molecular complexity index is 410. The Balaban J connectivity index is 2.18. The molecule has 0 saturated carbocycles. The van der Waals surface area contributed by atoms with Crippen molar-refractivity contribution in [3.8, 4) is 0 Å². The molecule has 1 saturated heterocycles. The maximum atomic E-state index is 6.21. The lowest BCUT2D eigenvalue weighted by Crippen LogP contribution is -2.56. The lowest BCUT2D eigenvalue weighted by molar-refractivity contribution is -0.126. The van der Waals surface area contributed by atoms with Crippen LogP contribution in [0.15, 0.2) is 6.33 Å². The summed E-state index contributed by atoms with van der Waals surface area (Å²) in [5, 5.41) is 7.88. The van der Waals surface area contributed by atoms with Gasteiger partial charge in [0.25, 0.3) is 0 Å². The topological polar surface area (TPSA) is 61.2 Å². The molecule has 0 aliphatic carbocycles. The van der Waals surface area contributed by atoms with E-state index in [0.29, 0.717) is 0 Å². The van der Waals surface area contributed by atoms with E-state index in [4.69, 9.17) is 9.47 Å². The van der Waals surface area contributed by atoms with Gasteiger partial charge in [-0.25, -0.2) is 4.98 Å². The van der Waals surface area contributed by atoms with Crippen LogP contribution in [0.5, 0.6) is 0 Å². The number of hydrogen-bond acceptors (Lipinski definition) is 5. The first-order valence-corrected chi connectivity index (χ1v) is 8.07. The molecule has 1 unspecified atom stereocenters. The highest BCUT2D eigenvalue weighted by molar-refractivity contribution is 5.01. The van der Waals surface area contributed by atoms with Crippen molar-refractivity contribution in [2.24, 2.45) is 0 Å². The number of hydrogen-bond donors (Lipinski definition) is 1. The van der Waals surface area contributed by atoms with E-state index in [9.17, 15) is 0 Å². The molecular formula is C15H28N4O2. The van der Waals surface area contributed by atoms with Gasteiger partial charge >= 0.3 is 0 Å². The van der Waals surface area contributed by atoms with E-state index < -0.39 is 0 Å². The van der Waals surface area contributed by atoms with E-state index in [-0.39, 0.29) is 11.6 Å². The first-order valence-electron chi connectivity index (χ1n) is 8.07. The third-order valence-electron chi connectivity index (χ3n) is 4.24. The van der Waals surface area contributed by atoms with Crippen molar-refractivity contribution >= 4 is 0 Å². The van der Waals surface area contributed by atoms with E-state index in [1.807, 2.05) is 4.68 Å². The van der Waals surface area contributed by atoms with Crippen molar-refractivity contribution in [3.63, 3.8) is 0 Å². The van der Waals surface area contributed by atoms with Gasteiger partial charge in [0.2, 0.25) is 0 Å². The number of ether oxygens (including phenoxy) is 2. The highest BCUT2D eigenvalue weighted by Gasteiger charge is 2.41. The third-order valence-corrected chi connectivity index (χ3v) is 4.24. The number of likely N-dealkylation sites (N-methyl/N-ethyl adjacent to an activating group) is 1.